The summed E-state index contributed by atoms with van der Waals surface area (Å²) < 4.78 is 62.0. The lowest BCUT2D eigenvalue weighted by atomic mass is 10.2. The number of alkyl carbamates (subject to hydrolysis) is 2. The number of nitrogens with one attached hydrogen (secondary N) is 2. The van der Waals surface area contributed by atoms with Crippen molar-refractivity contribution in [3.8, 4) is 0 Å². The van der Waals surface area contributed by atoms with E-state index in [1.165, 1.54) is 0 Å². The van der Waals surface area contributed by atoms with Gasteiger partial charge in [0.05, 0.1) is 12.2 Å². The second-order valence-corrected chi connectivity index (χ2v) is 4.79. The van der Waals surface area contributed by atoms with E-state index in [0.717, 1.165) is 5.32 Å². The molecular weight excluding hydrogens is 360 g/mol. The molecule has 2 atom stereocenters. The zero-order chi connectivity index (χ0) is 19.0. The summed E-state index contributed by atoms with van der Waals surface area (Å²) in [6.45, 7) is -2.06. The molecule has 0 bridgehead atoms. The second kappa shape index (κ2) is 9.15. The average molecular weight is 374 g/mol. The summed E-state index contributed by atoms with van der Waals surface area (Å²) in [7, 11) is 0. The molecule has 0 aromatic heterocycles. The van der Waals surface area contributed by atoms with Gasteiger partial charge in [-0.1, -0.05) is 0 Å². The number of carbonyl (C=O) groups is 4. The number of ether oxygens (including phenoxy) is 3. The van der Waals surface area contributed by atoms with Gasteiger partial charge in [-0.15, -0.1) is 0 Å². The van der Waals surface area contributed by atoms with Gasteiger partial charge in [-0.2, -0.15) is 13.2 Å². The van der Waals surface area contributed by atoms with Crippen LogP contribution in [0.1, 0.15) is 12.8 Å². The minimum Gasteiger partial charge on any atom is -0.446 e. The van der Waals surface area contributed by atoms with Gasteiger partial charge in [-0.3, -0.25) is 20.2 Å². The lowest BCUT2D eigenvalue weighted by molar-refractivity contribution is -0.172. The van der Waals surface area contributed by atoms with Crippen molar-refractivity contribution in [3.05, 3.63) is 0 Å². The zero-order valence-electron chi connectivity index (χ0n) is 12.6. The molecule has 4 amide bonds. The van der Waals surface area contributed by atoms with Crippen LogP contribution in [0.2, 0.25) is 0 Å². The molecule has 0 spiro atoms. The number of halogens is 4. The van der Waals surface area contributed by atoms with Gasteiger partial charge in [0, 0.05) is 0 Å². The first kappa shape index (κ1) is 20.6. The van der Waals surface area contributed by atoms with Gasteiger partial charge in [0.2, 0.25) is 0 Å². The van der Waals surface area contributed by atoms with E-state index < -0.39 is 55.7 Å². The van der Waals surface area contributed by atoms with Gasteiger partial charge >= 0.3 is 24.3 Å². The number of carbonyl (C=O) groups excluding carboxylic acids is 4. The fourth-order valence-electron chi connectivity index (χ4n) is 1.75. The van der Waals surface area contributed by atoms with Gasteiger partial charge in [0.15, 0.2) is 6.67 Å². The smallest absolute Gasteiger partial charge is 0.446 e. The molecule has 0 aromatic rings. The largest absolute Gasteiger partial charge is 0.471 e. The highest BCUT2D eigenvalue weighted by Gasteiger charge is 2.40. The maximum absolute atomic E-state index is 11.9. The van der Waals surface area contributed by atoms with Crippen LogP contribution in [0.4, 0.5) is 27.2 Å². The van der Waals surface area contributed by atoms with Crippen LogP contribution >= 0.6 is 0 Å². The number of hydrogen-bond donors (Lipinski definition) is 2. The minimum atomic E-state index is -5.21. The highest BCUT2D eigenvalue weighted by molar-refractivity contribution is 5.94. The van der Waals surface area contributed by atoms with Crippen LogP contribution in [0.5, 0.6) is 0 Å². The molecule has 0 unspecified atom stereocenters. The monoisotopic (exact) mass is 374 g/mol. The number of amides is 4. The molecule has 0 aliphatic carbocycles. The molecule has 13 heteroatoms. The third-order valence-corrected chi connectivity index (χ3v) is 2.83. The maximum Gasteiger partial charge on any atom is 0.471 e. The lowest BCUT2D eigenvalue weighted by Crippen LogP contribution is -2.41. The molecule has 0 saturated carbocycles. The Hall–Kier alpha value is -2.44. The molecule has 1 aliphatic heterocycles. The van der Waals surface area contributed by atoms with Crippen molar-refractivity contribution in [2.24, 2.45) is 0 Å². The summed E-state index contributed by atoms with van der Waals surface area (Å²) in [4.78, 5) is 43.2. The van der Waals surface area contributed by atoms with Crippen molar-refractivity contribution in [3.63, 3.8) is 0 Å². The third kappa shape index (κ3) is 7.78. The van der Waals surface area contributed by atoms with E-state index in [4.69, 9.17) is 4.74 Å². The predicted molar refractivity (Wildman–Crippen MR) is 68.9 cm³/mol. The highest BCUT2D eigenvalue weighted by Crippen LogP contribution is 2.20. The fraction of sp³-hybridized carbons (Fsp3) is 0.667. The van der Waals surface area contributed by atoms with E-state index in [0.29, 0.717) is 12.8 Å². The molecule has 1 saturated heterocycles. The Balaban J connectivity index is 2.22. The Labute approximate surface area is 137 Å². The Kier molecular flexibility index (Phi) is 7.54. The number of rotatable bonds is 5. The van der Waals surface area contributed by atoms with Gasteiger partial charge in [-0.05, 0) is 12.8 Å². The van der Waals surface area contributed by atoms with E-state index in [-0.39, 0.29) is 6.61 Å². The van der Waals surface area contributed by atoms with E-state index in [2.05, 4.69) is 9.47 Å². The summed E-state index contributed by atoms with van der Waals surface area (Å²) >= 11 is 0. The second-order valence-electron chi connectivity index (χ2n) is 4.79. The Morgan fingerprint density at radius 2 is 1.44 bits per heavy atom. The number of imide groups is 2. The molecule has 2 N–H and O–H groups in total. The first-order chi connectivity index (χ1) is 11.6. The van der Waals surface area contributed by atoms with Crippen molar-refractivity contribution in [1.82, 2.24) is 10.6 Å². The van der Waals surface area contributed by atoms with Gasteiger partial charge in [0.25, 0.3) is 5.91 Å². The molecule has 25 heavy (non-hydrogen) atoms. The van der Waals surface area contributed by atoms with Crippen molar-refractivity contribution in [2.45, 2.75) is 31.2 Å². The van der Waals surface area contributed by atoms with Crippen molar-refractivity contribution >= 4 is 24.0 Å². The standard InChI is InChI=1S/C12H14F4N2O7/c13-3-8(19)17-10(21)23-4-6-1-2-7(25-6)5-24-11(22)18-9(20)12(14,15)16/h6-7H,1-5H2,(H,17,19,21)(H,18,20,22)/t6-,7+/m0/s1. The number of hydrogen-bond acceptors (Lipinski definition) is 7. The fourth-order valence-corrected chi connectivity index (χ4v) is 1.75. The van der Waals surface area contributed by atoms with Crippen LogP contribution in [-0.4, -0.2) is 62.3 Å². The van der Waals surface area contributed by atoms with Crippen LogP contribution < -0.4 is 10.6 Å². The molecule has 1 fully saturated rings. The molecule has 1 heterocycles. The quantitative estimate of drug-likeness (QED) is 0.675. The Morgan fingerprint density at radius 3 is 1.88 bits per heavy atom. The van der Waals surface area contributed by atoms with Crippen molar-refractivity contribution in [2.75, 3.05) is 19.9 Å². The normalized spacial score (nSPS) is 19.8. The lowest BCUT2D eigenvalue weighted by Gasteiger charge is -2.14. The van der Waals surface area contributed by atoms with Crippen LogP contribution in [0.3, 0.4) is 0 Å². The zero-order valence-corrected chi connectivity index (χ0v) is 12.6. The molecule has 0 aromatic carbocycles. The third-order valence-electron chi connectivity index (χ3n) is 2.83. The predicted octanol–water partition coefficient (Wildman–Crippen LogP) is 0.571. The van der Waals surface area contributed by atoms with Crippen molar-refractivity contribution < 1.29 is 51.0 Å². The highest BCUT2D eigenvalue weighted by atomic mass is 19.4. The van der Waals surface area contributed by atoms with Crippen LogP contribution in [0, 0.1) is 0 Å². The molecule has 1 aliphatic rings. The summed E-state index contributed by atoms with van der Waals surface area (Å²) in [5.74, 6) is -3.62. The SMILES string of the molecule is O=C(CF)NC(=O)OC[C@@H]1CC[C@H](COC(=O)NC(=O)C(F)(F)F)O1. The van der Waals surface area contributed by atoms with E-state index >= 15 is 0 Å². The van der Waals surface area contributed by atoms with E-state index in [1.54, 1.807) is 5.32 Å². The molecular formula is C12H14F4N2O7. The van der Waals surface area contributed by atoms with Gasteiger partial charge < -0.3 is 14.2 Å². The molecule has 142 valence electrons. The summed E-state index contributed by atoms with van der Waals surface area (Å²) in [6, 6.07) is 0. The minimum absolute atomic E-state index is 0.263. The van der Waals surface area contributed by atoms with Crippen LogP contribution in [-0.2, 0) is 23.8 Å². The Morgan fingerprint density at radius 1 is 0.960 bits per heavy atom. The first-order valence-electron chi connectivity index (χ1n) is 6.84. The molecule has 1 rings (SSSR count). The van der Waals surface area contributed by atoms with Gasteiger partial charge in [0.1, 0.15) is 13.2 Å². The van der Waals surface area contributed by atoms with E-state index in [1.807, 2.05) is 0 Å². The first-order valence-corrected chi connectivity index (χ1v) is 6.84. The number of alkyl halides is 4. The van der Waals surface area contributed by atoms with Crippen LogP contribution in [0.25, 0.3) is 0 Å². The molecule has 0 radical (unpaired) electrons. The van der Waals surface area contributed by atoms with Crippen molar-refractivity contribution in [1.29, 1.82) is 0 Å². The molecule has 9 nitrogen and oxygen atoms in total. The summed E-state index contributed by atoms with van der Waals surface area (Å²) in [6.07, 6.45) is -8.49. The maximum atomic E-state index is 11.9. The summed E-state index contributed by atoms with van der Waals surface area (Å²) in [5, 5.41) is 2.60. The topological polar surface area (TPSA) is 120 Å². The Bertz CT molecular complexity index is 526. The van der Waals surface area contributed by atoms with Gasteiger partial charge in [-0.25, -0.2) is 14.0 Å². The summed E-state index contributed by atoms with van der Waals surface area (Å²) in [5.41, 5.74) is 0. The van der Waals surface area contributed by atoms with Crippen LogP contribution in [0.15, 0.2) is 0 Å². The average Bonchev–Trinajstić information content (AvgIpc) is 2.97. The van der Waals surface area contributed by atoms with E-state index in [9.17, 15) is 36.7 Å².